The van der Waals surface area contributed by atoms with E-state index in [0.29, 0.717) is 5.56 Å². The quantitative estimate of drug-likeness (QED) is 0.924. The minimum atomic E-state index is -0.904. The molecular weight excluding hydrogens is 300 g/mol. The number of hydrogen-bond donors (Lipinski definition) is 1. The van der Waals surface area contributed by atoms with Gasteiger partial charge in [-0.15, -0.1) is 0 Å². The third kappa shape index (κ3) is 3.10. The maximum absolute atomic E-state index is 13.2. The molecule has 2 amide bonds. The highest BCUT2D eigenvalue weighted by atomic mass is 16.2. The highest BCUT2D eigenvalue weighted by molar-refractivity contribution is 6.00. The Morgan fingerprint density at radius 2 is 1.83 bits per heavy atom. The Hall–Kier alpha value is -2.10. The molecule has 0 saturated heterocycles. The van der Waals surface area contributed by atoms with Crippen molar-refractivity contribution in [3.05, 3.63) is 48.2 Å². The summed E-state index contributed by atoms with van der Waals surface area (Å²) in [4.78, 5) is 27.6. The Balaban J connectivity index is 1.81. The minimum absolute atomic E-state index is 0.00804. The number of rotatable bonds is 3. The molecule has 1 saturated carbocycles. The van der Waals surface area contributed by atoms with E-state index in [0.717, 1.165) is 12.8 Å². The van der Waals surface area contributed by atoms with Gasteiger partial charge in [0.15, 0.2) is 0 Å². The van der Waals surface area contributed by atoms with Crippen LogP contribution < -0.4 is 5.32 Å². The molecule has 0 radical (unpaired) electrons. The van der Waals surface area contributed by atoms with Crippen LogP contribution in [0.3, 0.4) is 0 Å². The second-order valence-electron chi connectivity index (χ2n) is 7.16. The molecule has 24 heavy (non-hydrogen) atoms. The summed E-state index contributed by atoms with van der Waals surface area (Å²) < 4.78 is 0. The SMILES string of the molecule is C[C@@H]1C=CN(C2CCCCC2)C(=O)[C@]1(C)NC(=O)c1ccccc1. The lowest BCUT2D eigenvalue weighted by molar-refractivity contribution is -0.139. The van der Waals surface area contributed by atoms with Gasteiger partial charge in [-0.25, -0.2) is 0 Å². The van der Waals surface area contributed by atoms with Crippen LogP contribution in [-0.4, -0.2) is 28.3 Å². The van der Waals surface area contributed by atoms with Crippen molar-refractivity contribution in [1.82, 2.24) is 10.2 Å². The molecule has 4 heteroatoms. The van der Waals surface area contributed by atoms with Crippen molar-refractivity contribution < 1.29 is 9.59 Å². The van der Waals surface area contributed by atoms with Gasteiger partial charge in [0.1, 0.15) is 5.54 Å². The van der Waals surface area contributed by atoms with E-state index < -0.39 is 5.54 Å². The van der Waals surface area contributed by atoms with E-state index in [2.05, 4.69) is 5.32 Å². The molecule has 1 N–H and O–H groups in total. The van der Waals surface area contributed by atoms with Crippen molar-refractivity contribution in [2.45, 2.75) is 57.5 Å². The Morgan fingerprint density at radius 1 is 1.17 bits per heavy atom. The molecule has 0 spiro atoms. The van der Waals surface area contributed by atoms with Crippen LogP contribution in [-0.2, 0) is 4.79 Å². The average Bonchev–Trinajstić information content (AvgIpc) is 2.62. The lowest BCUT2D eigenvalue weighted by atomic mass is 9.81. The van der Waals surface area contributed by atoms with Crippen molar-refractivity contribution in [2.75, 3.05) is 0 Å². The Bertz CT molecular complexity index is 634. The topological polar surface area (TPSA) is 49.4 Å². The van der Waals surface area contributed by atoms with Gasteiger partial charge in [-0.05, 0) is 31.9 Å². The fraction of sp³-hybridized carbons (Fsp3) is 0.500. The summed E-state index contributed by atoms with van der Waals surface area (Å²) in [5, 5.41) is 3.00. The minimum Gasteiger partial charge on any atom is -0.337 e. The number of nitrogens with zero attached hydrogens (tertiary/aromatic N) is 1. The van der Waals surface area contributed by atoms with E-state index >= 15 is 0 Å². The molecule has 4 nitrogen and oxygen atoms in total. The second-order valence-corrected chi connectivity index (χ2v) is 7.16. The lowest BCUT2D eigenvalue weighted by Crippen LogP contribution is -2.63. The van der Waals surface area contributed by atoms with Crippen LogP contribution in [0.4, 0.5) is 0 Å². The zero-order valence-electron chi connectivity index (χ0n) is 14.5. The highest BCUT2D eigenvalue weighted by Gasteiger charge is 2.45. The van der Waals surface area contributed by atoms with E-state index in [9.17, 15) is 9.59 Å². The van der Waals surface area contributed by atoms with E-state index in [-0.39, 0.29) is 23.8 Å². The van der Waals surface area contributed by atoms with Crippen molar-refractivity contribution in [1.29, 1.82) is 0 Å². The van der Waals surface area contributed by atoms with Gasteiger partial charge < -0.3 is 10.2 Å². The first kappa shape index (κ1) is 16.7. The van der Waals surface area contributed by atoms with Gasteiger partial charge in [0, 0.05) is 23.7 Å². The van der Waals surface area contributed by atoms with Crippen LogP contribution in [0, 0.1) is 5.92 Å². The van der Waals surface area contributed by atoms with Gasteiger partial charge in [-0.2, -0.15) is 0 Å². The summed E-state index contributed by atoms with van der Waals surface area (Å²) in [6, 6.07) is 9.34. The summed E-state index contributed by atoms with van der Waals surface area (Å²) in [6.07, 6.45) is 9.66. The zero-order chi connectivity index (χ0) is 17.2. The van der Waals surface area contributed by atoms with Crippen LogP contribution in [0.1, 0.15) is 56.3 Å². The Kier molecular flexibility index (Phi) is 4.74. The average molecular weight is 326 g/mol. The van der Waals surface area contributed by atoms with Crippen molar-refractivity contribution in [3.8, 4) is 0 Å². The molecule has 1 aromatic carbocycles. The monoisotopic (exact) mass is 326 g/mol. The number of benzene rings is 1. The van der Waals surface area contributed by atoms with E-state index in [4.69, 9.17) is 0 Å². The summed E-state index contributed by atoms with van der Waals surface area (Å²) in [5.74, 6) is -0.233. The smallest absolute Gasteiger partial charge is 0.252 e. The second kappa shape index (κ2) is 6.80. The van der Waals surface area contributed by atoms with Crippen LogP contribution in [0.25, 0.3) is 0 Å². The first-order valence-electron chi connectivity index (χ1n) is 8.91. The number of hydrogen-bond acceptors (Lipinski definition) is 2. The molecule has 1 fully saturated rings. The fourth-order valence-corrected chi connectivity index (χ4v) is 3.66. The zero-order valence-corrected chi connectivity index (χ0v) is 14.5. The van der Waals surface area contributed by atoms with Crippen LogP contribution in [0.2, 0.25) is 0 Å². The van der Waals surface area contributed by atoms with Gasteiger partial charge >= 0.3 is 0 Å². The highest BCUT2D eigenvalue weighted by Crippen LogP contribution is 2.32. The Labute approximate surface area is 143 Å². The molecule has 1 aliphatic heterocycles. The molecule has 3 rings (SSSR count). The standard InChI is InChI=1S/C20H26N2O2/c1-15-13-14-22(17-11-7-4-8-12-17)19(24)20(15,2)21-18(23)16-9-5-3-6-10-16/h3,5-6,9-10,13-15,17H,4,7-8,11-12H2,1-2H3,(H,21,23)/t15-,20-/m1/s1. The first-order chi connectivity index (χ1) is 11.5. The lowest BCUT2D eigenvalue weighted by Gasteiger charge is -2.44. The normalized spacial score (nSPS) is 28.0. The maximum Gasteiger partial charge on any atom is 0.252 e. The summed E-state index contributed by atoms with van der Waals surface area (Å²) >= 11 is 0. The van der Waals surface area contributed by atoms with Gasteiger partial charge in [0.25, 0.3) is 11.8 Å². The summed E-state index contributed by atoms with van der Waals surface area (Å²) in [7, 11) is 0. The molecule has 1 aromatic rings. The van der Waals surface area contributed by atoms with Gasteiger partial charge in [0.05, 0.1) is 0 Å². The molecule has 0 bridgehead atoms. The van der Waals surface area contributed by atoms with Gasteiger partial charge in [-0.1, -0.05) is 50.5 Å². The Morgan fingerprint density at radius 3 is 2.50 bits per heavy atom. The number of nitrogens with one attached hydrogen (secondary N) is 1. The largest absolute Gasteiger partial charge is 0.337 e. The predicted molar refractivity (Wildman–Crippen MR) is 94.3 cm³/mol. The summed E-state index contributed by atoms with van der Waals surface area (Å²) in [6.45, 7) is 3.83. The van der Waals surface area contributed by atoms with Gasteiger partial charge in [0.2, 0.25) is 0 Å². The molecule has 0 unspecified atom stereocenters. The van der Waals surface area contributed by atoms with Gasteiger partial charge in [-0.3, -0.25) is 9.59 Å². The van der Waals surface area contributed by atoms with E-state index in [1.54, 1.807) is 12.1 Å². The van der Waals surface area contributed by atoms with Crippen molar-refractivity contribution in [3.63, 3.8) is 0 Å². The third-order valence-corrected chi connectivity index (χ3v) is 5.50. The molecule has 2 aliphatic rings. The number of amides is 2. The third-order valence-electron chi connectivity index (χ3n) is 5.50. The fourth-order valence-electron chi connectivity index (χ4n) is 3.66. The molecule has 1 aliphatic carbocycles. The maximum atomic E-state index is 13.2. The summed E-state index contributed by atoms with van der Waals surface area (Å²) in [5.41, 5.74) is -0.323. The van der Waals surface area contributed by atoms with Crippen LogP contribution in [0.15, 0.2) is 42.6 Å². The molecule has 0 aromatic heterocycles. The van der Waals surface area contributed by atoms with Crippen molar-refractivity contribution >= 4 is 11.8 Å². The van der Waals surface area contributed by atoms with Crippen LogP contribution in [0.5, 0.6) is 0 Å². The number of carbonyl (C=O) groups is 2. The molecule has 128 valence electrons. The van der Waals surface area contributed by atoms with Crippen molar-refractivity contribution in [2.24, 2.45) is 5.92 Å². The molecule has 2 atom stereocenters. The van der Waals surface area contributed by atoms with Crippen LogP contribution >= 0.6 is 0 Å². The predicted octanol–water partition coefficient (Wildman–Crippen LogP) is 3.50. The molecule has 1 heterocycles. The molecular formula is C20H26N2O2. The number of carbonyl (C=O) groups excluding carboxylic acids is 2. The van der Waals surface area contributed by atoms with E-state index in [1.165, 1.54) is 19.3 Å². The first-order valence-corrected chi connectivity index (χ1v) is 8.91. The van der Waals surface area contributed by atoms with E-state index in [1.807, 2.05) is 49.2 Å².